The third kappa shape index (κ3) is 2.93. The van der Waals surface area contributed by atoms with Crippen molar-refractivity contribution in [1.82, 2.24) is 4.98 Å². The van der Waals surface area contributed by atoms with Crippen molar-refractivity contribution in [3.8, 4) is 0 Å². The second kappa shape index (κ2) is 5.58. The van der Waals surface area contributed by atoms with Gasteiger partial charge in [-0.1, -0.05) is 6.92 Å². The highest BCUT2D eigenvalue weighted by molar-refractivity contribution is 7.09. The van der Waals surface area contributed by atoms with Gasteiger partial charge in [0, 0.05) is 12.0 Å². The lowest BCUT2D eigenvalue weighted by molar-refractivity contribution is 0.0595. The van der Waals surface area contributed by atoms with Gasteiger partial charge in [0.25, 0.3) is 0 Å². The van der Waals surface area contributed by atoms with Gasteiger partial charge in [-0.2, -0.15) is 0 Å². The van der Waals surface area contributed by atoms with E-state index in [1.807, 2.05) is 12.3 Å². The molecule has 0 aliphatic rings. The van der Waals surface area contributed by atoms with Crippen LogP contribution in [0.5, 0.6) is 0 Å². The molecule has 0 N–H and O–H groups in total. The molecule has 1 unspecified atom stereocenters. The van der Waals surface area contributed by atoms with Crippen molar-refractivity contribution in [2.75, 3.05) is 6.61 Å². The fourth-order valence-electron chi connectivity index (χ4n) is 1.10. The Kier molecular flexibility index (Phi) is 4.70. The Morgan fingerprint density at radius 2 is 2.38 bits per heavy atom. The van der Waals surface area contributed by atoms with Gasteiger partial charge in [0.15, 0.2) is 0 Å². The SMILES string of the molecule is CCOC(CC)c1nc(CCl)cs1. The Morgan fingerprint density at radius 3 is 2.85 bits per heavy atom. The molecule has 1 atom stereocenters. The van der Waals surface area contributed by atoms with Crippen molar-refractivity contribution in [1.29, 1.82) is 0 Å². The predicted octanol–water partition coefficient (Wildman–Crippen LogP) is 3.37. The van der Waals surface area contributed by atoms with Crippen molar-refractivity contribution in [2.45, 2.75) is 32.3 Å². The topological polar surface area (TPSA) is 22.1 Å². The number of nitrogens with zero attached hydrogens (tertiary/aromatic N) is 1. The molecule has 0 spiro atoms. The van der Waals surface area contributed by atoms with Crippen LogP contribution in [0.1, 0.15) is 37.1 Å². The van der Waals surface area contributed by atoms with E-state index in [2.05, 4.69) is 11.9 Å². The Labute approximate surface area is 87.9 Å². The zero-order valence-electron chi connectivity index (χ0n) is 7.92. The van der Waals surface area contributed by atoms with Crippen LogP contribution in [0.25, 0.3) is 0 Å². The van der Waals surface area contributed by atoms with E-state index in [4.69, 9.17) is 16.3 Å². The highest BCUT2D eigenvalue weighted by Crippen LogP contribution is 2.24. The van der Waals surface area contributed by atoms with Gasteiger partial charge in [-0.05, 0) is 13.3 Å². The molecule has 1 heterocycles. The summed E-state index contributed by atoms with van der Waals surface area (Å²) < 4.78 is 5.54. The third-order valence-electron chi connectivity index (χ3n) is 1.72. The molecular formula is C9H14ClNOS. The second-order valence-corrected chi connectivity index (χ2v) is 3.82. The minimum Gasteiger partial charge on any atom is -0.371 e. The fraction of sp³-hybridized carbons (Fsp3) is 0.667. The summed E-state index contributed by atoms with van der Waals surface area (Å²) >= 11 is 7.29. The molecule has 0 fully saturated rings. The first-order valence-corrected chi connectivity index (χ1v) is 5.85. The van der Waals surface area contributed by atoms with Crippen LogP contribution < -0.4 is 0 Å². The zero-order valence-corrected chi connectivity index (χ0v) is 9.49. The molecule has 0 radical (unpaired) electrons. The number of hydrogen-bond donors (Lipinski definition) is 0. The molecule has 1 rings (SSSR count). The normalized spacial score (nSPS) is 13.2. The number of ether oxygens (including phenoxy) is 1. The van der Waals surface area contributed by atoms with Crippen molar-refractivity contribution in [3.05, 3.63) is 16.1 Å². The van der Waals surface area contributed by atoms with Gasteiger partial charge in [0.2, 0.25) is 0 Å². The first-order valence-electron chi connectivity index (χ1n) is 4.43. The first kappa shape index (κ1) is 11.0. The minimum absolute atomic E-state index is 0.145. The first-order chi connectivity index (χ1) is 6.31. The lowest BCUT2D eigenvalue weighted by Crippen LogP contribution is -2.02. The number of rotatable bonds is 5. The smallest absolute Gasteiger partial charge is 0.122 e. The number of aromatic nitrogens is 1. The van der Waals surface area contributed by atoms with Gasteiger partial charge in [0.05, 0.1) is 11.6 Å². The molecule has 0 bridgehead atoms. The van der Waals surface area contributed by atoms with E-state index in [9.17, 15) is 0 Å². The summed E-state index contributed by atoms with van der Waals surface area (Å²) in [5, 5.41) is 3.03. The van der Waals surface area contributed by atoms with Crippen LogP contribution in [-0.2, 0) is 10.6 Å². The van der Waals surface area contributed by atoms with Crippen molar-refractivity contribution in [3.63, 3.8) is 0 Å². The summed E-state index contributed by atoms with van der Waals surface area (Å²) in [5.41, 5.74) is 0.944. The molecular weight excluding hydrogens is 206 g/mol. The van der Waals surface area contributed by atoms with E-state index in [-0.39, 0.29) is 6.10 Å². The van der Waals surface area contributed by atoms with Crippen LogP contribution in [0.2, 0.25) is 0 Å². The average molecular weight is 220 g/mol. The molecule has 0 aliphatic carbocycles. The standard InChI is InChI=1S/C9H14ClNOS/c1-3-8(12-4-2)9-11-7(5-10)6-13-9/h6,8H,3-5H2,1-2H3. The van der Waals surface area contributed by atoms with E-state index < -0.39 is 0 Å². The molecule has 0 aromatic carbocycles. The lowest BCUT2D eigenvalue weighted by Gasteiger charge is -2.10. The van der Waals surface area contributed by atoms with E-state index in [1.54, 1.807) is 11.3 Å². The maximum Gasteiger partial charge on any atom is 0.122 e. The number of alkyl halides is 1. The van der Waals surface area contributed by atoms with Crippen LogP contribution in [0, 0.1) is 0 Å². The largest absolute Gasteiger partial charge is 0.371 e. The minimum atomic E-state index is 0.145. The van der Waals surface area contributed by atoms with E-state index in [0.717, 1.165) is 23.7 Å². The van der Waals surface area contributed by atoms with Gasteiger partial charge in [0.1, 0.15) is 11.1 Å². The zero-order chi connectivity index (χ0) is 9.68. The van der Waals surface area contributed by atoms with E-state index in [1.165, 1.54) is 0 Å². The van der Waals surface area contributed by atoms with Crippen LogP contribution in [0.3, 0.4) is 0 Å². The molecule has 0 saturated heterocycles. The molecule has 0 amide bonds. The summed E-state index contributed by atoms with van der Waals surface area (Å²) in [6.45, 7) is 4.83. The average Bonchev–Trinajstić information content (AvgIpc) is 2.62. The van der Waals surface area contributed by atoms with Crippen molar-refractivity contribution < 1.29 is 4.74 Å². The van der Waals surface area contributed by atoms with Crippen molar-refractivity contribution in [2.24, 2.45) is 0 Å². The van der Waals surface area contributed by atoms with E-state index >= 15 is 0 Å². The molecule has 13 heavy (non-hydrogen) atoms. The molecule has 74 valence electrons. The molecule has 0 saturated carbocycles. The Bertz CT molecular complexity index is 252. The Balaban J connectivity index is 2.67. The number of hydrogen-bond acceptors (Lipinski definition) is 3. The number of halogens is 1. The fourth-order valence-corrected chi connectivity index (χ4v) is 2.27. The lowest BCUT2D eigenvalue weighted by atomic mass is 10.3. The Hall–Kier alpha value is -0.120. The van der Waals surface area contributed by atoms with Crippen LogP contribution in [-0.4, -0.2) is 11.6 Å². The molecule has 1 aromatic heterocycles. The summed E-state index contributed by atoms with van der Waals surface area (Å²) in [5.74, 6) is 0.485. The van der Waals surface area contributed by atoms with Gasteiger partial charge in [-0.3, -0.25) is 0 Å². The molecule has 1 aromatic rings. The number of thiazole rings is 1. The van der Waals surface area contributed by atoms with E-state index in [0.29, 0.717) is 5.88 Å². The van der Waals surface area contributed by atoms with Gasteiger partial charge in [-0.25, -0.2) is 4.98 Å². The summed E-state index contributed by atoms with van der Waals surface area (Å²) in [6.07, 6.45) is 1.11. The maximum atomic E-state index is 5.67. The summed E-state index contributed by atoms with van der Waals surface area (Å²) in [4.78, 5) is 4.38. The maximum absolute atomic E-state index is 5.67. The third-order valence-corrected chi connectivity index (χ3v) is 2.98. The quantitative estimate of drug-likeness (QED) is 0.709. The highest BCUT2D eigenvalue weighted by Gasteiger charge is 2.12. The van der Waals surface area contributed by atoms with Gasteiger partial charge >= 0.3 is 0 Å². The predicted molar refractivity (Wildman–Crippen MR) is 56.3 cm³/mol. The molecule has 2 nitrogen and oxygen atoms in total. The van der Waals surface area contributed by atoms with Gasteiger partial charge < -0.3 is 4.74 Å². The van der Waals surface area contributed by atoms with Crippen LogP contribution in [0.15, 0.2) is 5.38 Å². The second-order valence-electron chi connectivity index (χ2n) is 2.66. The summed E-state index contributed by atoms with van der Waals surface area (Å²) in [7, 11) is 0. The van der Waals surface area contributed by atoms with Crippen LogP contribution >= 0.6 is 22.9 Å². The van der Waals surface area contributed by atoms with Crippen molar-refractivity contribution >= 4 is 22.9 Å². The van der Waals surface area contributed by atoms with Gasteiger partial charge in [-0.15, -0.1) is 22.9 Å². The Morgan fingerprint density at radius 1 is 1.62 bits per heavy atom. The highest BCUT2D eigenvalue weighted by atomic mass is 35.5. The summed E-state index contributed by atoms with van der Waals surface area (Å²) in [6, 6.07) is 0. The molecule has 4 heteroatoms. The monoisotopic (exact) mass is 219 g/mol. The van der Waals surface area contributed by atoms with Crippen LogP contribution in [0.4, 0.5) is 0 Å². The molecule has 0 aliphatic heterocycles.